The molecule has 0 aliphatic rings. The first-order valence-corrected chi connectivity index (χ1v) is 6.19. The van der Waals surface area contributed by atoms with Crippen LogP contribution < -0.4 is 10.5 Å². The van der Waals surface area contributed by atoms with Crippen molar-refractivity contribution in [3.8, 4) is 11.8 Å². The molecule has 0 radical (unpaired) electrons. The molecule has 0 aliphatic heterocycles. The van der Waals surface area contributed by atoms with Crippen molar-refractivity contribution >= 4 is 0 Å². The Balaban J connectivity index is 2.05. The van der Waals surface area contributed by atoms with Gasteiger partial charge in [-0.2, -0.15) is 5.26 Å². The molecule has 0 amide bonds. The molecule has 2 rings (SSSR count). The zero-order chi connectivity index (χ0) is 14.4. The van der Waals surface area contributed by atoms with Gasteiger partial charge in [0.05, 0.1) is 0 Å². The summed E-state index contributed by atoms with van der Waals surface area (Å²) in [5, 5.41) is 8.75. The highest BCUT2D eigenvalue weighted by molar-refractivity contribution is 5.30. The molecule has 1 heterocycles. The quantitative estimate of drug-likeness (QED) is 0.904. The van der Waals surface area contributed by atoms with Gasteiger partial charge < -0.3 is 10.5 Å². The van der Waals surface area contributed by atoms with Gasteiger partial charge in [0, 0.05) is 6.20 Å². The van der Waals surface area contributed by atoms with E-state index in [0.717, 1.165) is 11.1 Å². The topological polar surface area (TPSA) is 71.9 Å². The fourth-order valence-corrected chi connectivity index (χ4v) is 1.77. The van der Waals surface area contributed by atoms with E-state index in [0.29, 0.717) is 18.7 Å². The lowest BCUT2D eigenvalue weighted by molar-refractivity contribution is 0.290. The summed E-state index contributed by atoms with van der Waals surface area (Å²) in [5.74, 6) is -0.230. The number of aromatic nitrogens is 1. The number of pyridine rings is 1. The summed E-state index contributed by atoms with van der Waals surface area (Å²) >= 11 is 0. The fraction of sp³-hybridized carbons (Fsp3) is 0.200. The van der Waals surface area contributed by atoms with Gasteiger partial charge in [0.2, 0.25) is 0 Å². The molecular weight excluding hydrogens is 257 g/mol. The van der Waals surface area contributed by atoms with Gasteiger partial charge in [-0.3, -0.25) is 0 Å². The summed E-state index contributed by atoms with van der Waals surface area (Å²) in [5.41, 5.74) is 7.34. The van der Waals surface area contributed by atoms with Gasteiger partial charge in [-0.15, -0.1) is 0 Å². The maximum Gasteiger partial charge on any atom is 0.165 e. The first-order valence-electron chi connectivity index (χ1n) is 6.19. The highest BCUT2D eigenvalue weighted by atomic mass is 19.1. The van der Waals surface area contributed by atoms with E-state index in [4.69, 9.17) is 15.7 Å². The summed E-state index contributed by atoms with van der Waals surface area (Å²) in [6.45, 7) is 0.665. The Morgan fingerprint density at radius 1 is 1.25 bits per heavy atom. The van der Waals surface area contributed by atoms with E-state index in [-0.39, 0.29) is 12.4 Å². The normalized spacial score (nSPS) is 10.1. The van der Waals surface area contributed by atoms with Crippen LogP contribution in [0.5, 0.6) is 5.75 Å². The number of benzene rings is 1. The average Bonchev–Trinajstić information content (AvgIpc) is 2.47. The number of rotatable bonds is 5. The number of nitrogens with two attached hydrogens (primary N) is 1. The highest BCUT2D eigenvalue weighted by Gasteiger charge is 2.05. The molecule has 20 heavy (non-hydrogen) atoms. The van der Waals surface area contributed by atoms with E-state index < -0.39 is 5.82 Å². The second kappa shape index (κ2) is 6.64. The average molecular weight is 271 g/mol. The Labute approximate surface area is 116 Å². The molecule has 0 unspecified atom stereocenters. The smallest absolute Gasteiger partial charge is 0.165 e. The summed E-state index contributed by atoms with van der Waals surface area (Å²) < 4.78 is 19.2. The molecule has 0 saturated heterocycles. The van der Waals surface area contributed by atoms with E-state index >= 15 is 0 Å². The van der Waals surface area contributed by atoms with E-state index in [2.05, 4.69) is 4.98 Å². The van der Waals surface area contributed by atoms with Gasteiger partial charge in [0.15, 0.2) is 11.6 Å². The molecule has 0 bridgehead atoms. The minimum Gasteiger partial charge on any atom is -0.486 e. The molecule has 2 aromatic rings. The highest BCUT2D eigenvalue weighted by Crippen LogP contribution is 2.20. The molecule has 4 nitrogen and oxygen atoms in total. The van der Waals surface area contributed by atoms with Gasteiger partial charge in [0.25, 0.3) is 0 Å². The Morgan fingerprint density at radius 3 is 2.80 bits per heavy atom. The Bertz CT molecular complexity index is 637. The van der Waals surface area contributed by atoms with Gasteiger partial charge >= 0.3 is 0 Å². The first kappa shape index (κ1) is 14.0. The molecule has 0 saturated carbocycles. The van der Waals surface area contributed by atoms with E-state index in [1.54, 1.807) is 24.3 Å². The van der Waals surface area contributed by atoms with Crippen LogP contribution >= 0.6 is 0 Å². The van der Waals surface area contributed by atoms with Gasteiger partial charge in [-0.05, 0) is 48.4 Å². The maximum atomic E-state index is 13.8. The van der Waals surface area contributed by atoms with Crippen molar-refractivity contribution < 1.29 is 9.13 Å². The van der Waals surface area contributed by atoms with Crippen LogP contribution in [0.15, 0.2) is 36.5 Å². The van der Waals surface area contributed by atoms with Crippen molar-refractivity contribution in [1.82, 2.24) is 4.98 Å². The standard InChI is InChI=1S/C15H14FN3O/c16-14-8-11(3-5-17)1-2-15(14)20-10-12-4-6-19-13(7-12)9-18/h1-2,4,6-8H,3,5,10,17H2. The number of halogens is 1. The summed E-state index contributed by atoms with van der Waals surface area (Å²) in [6, 6.07) is 10.1. The van der Waals surface area contributed by atoms with Crippen molar-refractivity contribution in [2.75, 3.05) is 6.54 Å². The Hall–Kier alpha value is -2.45. The van der Waals surface area contributed by atoms with Gasteiger partial charge in [-0.25, -0.2) is 9.37 Å². The van der Waals surface area contributed by atoms with Crippen LogP contribution in [-0.4, -0.2) is 11.5 Å². The summed E-state index contributed by atoms with van der Waals surface area (Å²) in [4.78, 5) is 3.86. The Kier molecular flexibility index (Phi) is 4.64. The molecule has 1 aromatic heterocycles. The molecule has 5 heteroatoms. The minimum atomic E-state index is -0.412. The second-order valence-electron chi connectivity index (χ2n) is 4.25. The van der Waals surface area contributed by atoms with Crippen molar-refractivity contribution in [2.45, 2.75) is 13.0 Å². The summed E-state index contributed by atoms with van der Waals surface area (Å²) in [7, 11) is 0. The maximum absolute atomic E-state index is 13.8. The number of ether oxygens (including phenoxy) is 1. The molecule has 102 valence electrons. The van der Waals surface area contributed by atoms with Crippen molar-refractivity contribution in [1.29, 1.82) is 5.26 Å². The number of hydrogen-bond acceptors (Lipinski definition) is 4. The summed E-state index contributed by atoms with van der Waals surface area (Å²) in [6.07, 6.45) is 2.16. The SMILES string of the molecule is N#Cc1cc(COc2ccc(CCN)cc2F)ccn1. The monoisotopic (exact) mass is 271 g/mol. The lowest BCUT2D eigenvalue weighted by atomic mass is 10.1. The Morgan fingerprint density at radius 2 is 2.10 bits per heavy atom. The molecule has 2 N–H and O–H groups in total. The predicted octanol–water partition coefficient (Wildman–Crippen LogP) is 2.17. The van der Waals surface area contributed by atoms with Crippen LogP contribution in [0.1, 0.15) is 16.8 Å². The molecule has 0 atom stereocenters. The lowest BCUT2D eigenvalue weighted by Crippen LogP contribution is -2.04. The third-order valence-electron chi connectivity index (χ3n) is 2.76. The fourth-order valence-electron chi connectivity index (χ4n) is 1.77. The number of nitrogens with zero attached hydrogens (tertiary/aromatic N) is 2. The van der Waals surface area contributed by atoms with Gasteiger partial charge in [0.1, 0.15) is 18.4 Å². The third-order valence-corrected chi connectivity index (χ3v) is 2.76. The van der Waals surface area contributed by atoms with Crippen LogP contribution in [0, 0.1) is 17.1 Å². The largest absolute Gasteiger partial charge is 0.486 e. The van der Waals surface area contributed by atoms with Crippen molar-refractivity contribution in [3.63, 3.8) is 0 Å². The predicted molar refractivity (Wildman–Crippen MR) is 72.4 cm³/mol. The van der Waals surface area contributed by atoms with Crippen molar-refractivity contribution in [3.05, 3.63) is 59.2 Å². The second-order valence-corrected chi connectivity index (χ2v) is 4.25. The first-order chi connectivity index (χ1) is 9.72. The number of hydrogen-bond donors (Lipinski definition) is 1. The van der Waals surface area contributed by atoms with Gasteiger partial charge in [-0.1, -0.05) is 6.07 Å². The third kappa shape index (κ3) is 3.53. The molecule has 1 aromatic carbocycles. The van der Waals surface area contributed by atoms with E-state index in [9.17, 15) is 4.39 Å². The van der Waals surface area contributed by atoms with Crippen LogP contribution in [0.25, 0.3) is 0 Å². The van der Waals surface area contributed by atoms with Crippen LogP contribution in [-0.2, 0) is 13.0 Å². The van der Waals surface area contributed by atoms with Crippen LogP contribution in [0.4, 0.5) is 4.39 Å². The van der Waals surface area contributed by atoms with Crippen LogP contribution in [0.3, 0.4) is 0 Å². The molecule has 0 fully saturated rings. The minimum absolute atomic E-state index is 0.182. The van der Waals surface area contributed by atoms with Crippen molar-refractivity contribution in [2.24, 2.45) is 5.73 Å². The van der Waals surface area contributed by atoms with E-state index in [1.807, 2.05) is 6.07 Å². The van der Waals surface area contributed by atoms with E-state index in [1.165, 1.54) is 12.3 Å². The molecular formula is C15H14FN3O. The molecule has 0 aliphatic carbocycles. The van der Waals surface area contributed by atoms with Crippen LogP contribution in [0.2, 0.25) is 0 Å². The molecule has 0 spiro atoms. The lowest BCUT2D eigenvalue weighted by Gasteiger charge is -2.08. The number of nitriles is 1. The zero-order valence-corrected chi connectivity index (χ0v) is 10.8. The zero-order valence-electron chi connectivity index (χ0n) is 10.8.